The lowest BCUT2D eigenvalue weighted by molar-refractivity contribution is -0.119. The van der Waals surface area contributed by atoms with Crippen molar-refractivity contribution in [3.8, 4) is 5.75 Å². The number of ether oxygens (including phenoxy) is 2. The van der Waals surface area contributed by atoms with Crippen molar-refractivity contribution in [3.05, 3.63) is 83.1 Å². The van der Waals surface area contributed by atoms with Crippen LogP contribution in [0.25, 0.3) is 0 Å². The molecule has 3 aromatic rings. The number of anilines is 2. The van der Waals surface area contributed by atoms with Crippen LogP contribution in [0.2, 0.25) is 5.02 Å². The van der Waals surface area contributed by atoms with Crippen LogP contribution in [0.3, 0.4) is 0 Å². The molecule has 0 atom stereocenters. The SMILES string of the molecule is COc1ccc(NS(=O)(=O)c2cccc(C(=O)OCC(=O)Nc3ccc(F)c(Cl)c3)c2)cc1. The third-order valence-electron chi connectivity index (χ3n) is 4.26. The molecule has 2 N–H and O–H groups in total. The molecule has 0 aliphatic rings. The molecule has 0 radical (unpaired) electrons. The highest BCUT2D eigenvalue weighted by atomic mass is 35.5. The lowest BCUT2D eigenvalue weighted by atomic mass is 10.2. The number of methoxy groups -OCH3 is 1. The second kappa shape index (κ2) is 10.3. The lowest BCUT2D eigenvalue weighted by Gasteiger charge is -2.10. The maximum atomic E-state index is 13.2. The van der Waals surface area contributed by atoms with Crippen LogP contribution in [0.4, 0.5) is 15.8 Å². The summed E-state index contributed by atoms with van der Waals surface area (Å²) in [5.41, 5.74) is 0.465. The normalized spacial score (nSPS) is 10.9. The van der Waals surface area contributed by atoms with Crippen molar-refractivity contribution in [2.24, 2.45) is 0 Å². The molecule has 33 heavy (non-hydrogen) atoms. The average Bonchev–Trinajstić information content (AvgIpc) is 2.80. The van der Waals surface area contributed by atoms with Crippen molar-refractivity contribution < 1.29 is 31.9 Å². The first-order valence-electron chi connectivity index (χ1n) is 9.37. The predicted molar refractivity (Wildman–Crippen MR) is 121 cm³/mol. The topological polar surface area (TPSA) is 111 Å². The summed E-state index contributed by atoms with van der Waals surface area (Å²) in [4.78, 5) is 24.1. The summed E-state index contributed by atoms with van der Waals surface area (Å²) in [6, 6.07) is 15.0. The Bertz CT molecular complexity index is 1280. The highest BCUT2D eigenvalue weighted by molar-refractivity contribution is 7.92. The predicted octanol–water partition coefficient (Wildman–Crippen LogP) is 4.08. The van der Waals surface area contributed by atoms with Crippen LogP contribution >= 0.6 is 11.6 Å². The van der Waals surface area contributed by atoms with Gasteiger partial charge < -0.3 is 14.8 Å². The minimum absolute atomic E-state index is 0.0646. The van der Waals surface area contributed by atoms with Crippen molar-refractivity contribution in [3.63, 3.8) is 0 Å². The van der Waals surface area contributed by atoms with Crippen molar-refractivity contribution in [2.45, 2.75) is 4.90 Å². The number of nitrogens with one attached hydrogen (secondary N) is 2. The maximum absolute atomic E-state index is 13.2. The minimum atomic E-state index is -3.99. The van der Waals surface area contributed by atoms with Crippen LogP contribution in [0.1, 0.15) is 10.4 Å². The smallest absolute Gasteiger partial charge is 0.338 e. The molecule has 0 aliphatic heterocycles. The number of amides is 1. The highest BCUT2D eigenvalue weighted by Gasteiger charge is 2.18. The van der Waals surface area contributed by atoms with Crippen molar-refractivity contribution in [1.82, 2.24) is 0 Å². The molecule has 0 heterocycles. The van der Waals surface area contributed by atoms with E-state index in [1.54, 1.807) is 12.1 Å². The number of sulfonamides is 1. The molecule has 1 amide bonds. The zero-order valence-electron chi connectivity index (χ0n) is 17.2. The van der Waals surface area contributed by atoms with Crippen molar-refractivity contribution in [2.75, 3.05) is 23.8 Å². The Balaban J connectivity index is 1.63. The first kappa shape index (κ1) is 24.0. The molecular formula is C22H18ClFN2O6S. The molecule has 0 saturated heterocycles. The van der Waals surface area contributed by atoms with E-state index in [1.165, 1.54) is 49.6 Å². The quantitative estimate of drug-likeness (QED) is 0.458. The molecule has 0 aromatic heterocycles. The van der Waals surface area contributed by atoms with Gasteiger partial charge in [-0.15, -0.1) is 0 Å². The lowest BCUT2D eigenvalue weighted by Crippen LogP contribution is -2.21. The van der Waals surface area contributed by atoms with Gasteiger partial charge >= 0.3 is 5.97 Å². The van der Waals surface area contributed by atoms with E-state index in [0.29, 0.717) is 11.4 Å². The minimum Gasteiger partial charge on any atom is -0.497 e. The summed E-state index contributed by atoms with van der Waals surface area (Å²) in [5.74, 6) is -1.66. The first-order valence-corrected chi connectivity index (χ1v) is 11.2. The summed E-state index contributed by atoms with van der Waals surface area (Å²) >= 11 is 5.65. The fourth-order valence-corrected chi connectivity index (χ4v) is 3.93. The Morgan fingerprint density at radius 3 is 2.36 bits per heavy atom. The van der Waals surface area contributed by atoms with Crippen LogP contribution in [0, 0.1) is 5.82 Å². The number of rotatable bonds is 8. The van der Waals surface area contributed by atoms with Crippen LogP contribution in [0.5, 0.6) is 5.75 Å². The molecule has 11 heteroatoms. The highest BCUT2D eigenvalue weighted by Crippen LogP contribution is 2.21. The summed E-state index contributed by atoms with van der Waals surface area (Å²) in [7, 11) is -2.50. The van der Waals surface area contributed by atoms with Gasteiger partial charge in [-0.3, -0.25) is 9.52 Å². The zero-order chi connectivity index (χ0) is 24.0. The van der Waals surface area contributed by atoms with Crippen LogP contribution in [0.15, 0.2) is 71.6 Å². The third kappa shape index (κ3) is 6.43. The number of benzene rings is 3. The fraction of sp³-hybridized carbons (Fsp3) is 0.0909. The molecule has 0 unspecified atom stereocenters. The largest absolute Gasteiger partial charge is 0.497 e. The van der Waals surface area contributed by atoms with Crippen LogP contribution in [-0.2, 0) is 19.6 Å². The van der Waals surface area contributed by atoms with Gasteiger partial charge in [0, 0.05) is 11.4 Å². The Hall–Kier alpha value is -3.63. The van der Waals surface area contributed by atoms with Gasteiger partial charge in [0.1, 0.15) is 11.6 Å². The van der Waals surface area contributed by atoms with Gasteiger partial charge in [0.15, 0.2) is 6.61 Å². The van der Waals surface area contributed by atoms with Gasteiger partial charge in [-0.05, 0) is 60.7 Å². The summed E-state index contributed by atoms with van der Waals surface area (Å²) in [5, 5.41) is 2.23. The number of hydrogen-bond acceptors (Lipinski definition) is 6. The fourth-order valence-electron chi connectivity index (χ4n) is 2.65. The van der Waals surface area contributed by atoms with Gasteiger partial charge in [-0.1, -0.05) is 17.7 Å². The molecule has 3 rings (SSSR count). The maximum Gasteiger partial charge on any atom is 0.338 e. The van der Waals surface area contributed by atoms with E-state index in [1.807, 2.05) is 0 Å². The van der Waals surface area contributed by atoms with Gasteiger partial charge in [0.25, 0.3) is 15.9 Å². The van der Waals surface area contributed by atoms with Gasteiger partial charge in [0.2, 0.25) is 0 Å². The van der Waals surface area contributed by atoms with E-state index in [9.17, 15) is 22.4 Å². The van der Waals surface area contributed by atoms with Crippen molar-refractivity contribution >= 4 is 44.9 Å². The second-order valence-electron chi connectivity index (χ2n) is 6.62. The summed E-state index contributed by atoms with van der Waals surface area (Å²) in [6.07, 6.45) is 0. The van der Waals surface area contributed by atoms with Gasteiger partial charge in [-0.2, -0.15) is 0 Å². The average molecular weight is 493 g/mol. The standard InChI is InChI=1S/C22H18ClFN2O6S/c1-31-17-8-5-15(6-9-17)26-33(29,30)18-4-2-3-14(11-18)22(28)32-13-21(27)25-16-7-10-20(24)19(23)12-16/h2-12,26H,13H2,1H3,(H,25,27). The van der Waals surface area contributed by atoms with E-state index >= 15 is 0 Å². The van der Waals surface area contributed by atoms with Gasteiger partial charge in [0.05, 0.1) is 22.6 Å². The number of halogens is 2. The van der Waals surface area contributed by atoms with E-state index in [0.717, 1.165) is 12.1 Å². The number of hydrogen-bond donors (Lipinski definition) is 2. The van der Waals surface area contributed by atoms with Crippen molar-refractivity contribution in [1.29, 1.82) is 0 Å². The van der Waals surface area contributed by atoms with Gasteiger partial charge in [-0.25, -0.2) is 17.6 Å². The molecule has 0 fully saturated rings. The number of carbonyl (C=O) groups excluding carboxylic acids is 2. The van der Waals surface area contributed by atoms with E-state index in [4.69, 9.17) is 21.1 Å². The number of carbonyl (C=O) groups is 2. The molecule has 0 aliphatic carbocycles. The van der Waals surface area contributed by atoms with Crippen LogP contribution in [-0.4, -0.2) is 34.0 Å². The Labute approximate surface area is 194 Å². The third-order valence-corrected chi connectivity index (χ3v) is 5.93. The Morgan fingerprint density at radius 2 is 1.70 bits per heavy atom. The number of esters is 1. The summed E-state index contributed by atoms with van der Waals surface area (Å²) < 4.78 is 50.9. The monoisotopic (exact) mass is 492 g/mol. The molecular weight excluding hydrogens is 475 g/mol. The van der Waals surface area contributed by atoms with E-state index < -0.39 is 34.3 Å². The second-order valence-corrected chi connectivity index (χ2v) is 8.70. The molecule has 0 bridgehead atoms. The summed E-state index contributed by atoms with van der Waals surface area (Å²) in [6.45, 7) is -0.644. The van der Waals surface area contributed by atoms with Crippen LogP contribution < -0.4 is 14.8 Å². The molecule has 172 valence electrons. The van der Waals surface area contributed by atoms with E-state index in [2.05, 4.69) is 10.0 Å². The molecule has 0 saturated carbocycles. The molecule has 8 nitrogen and oxygen atoms in total. The van der Waals surface area contributed by atoms with E-state index in [-0.39, 0.29) is 21.2 Å². The Kier molecular flexibility index (Phi) is 7.52. The molecule has 3 aromatic carbocycles. The molecule has 0 spiro atoms. The first-order chi connectivity index (χ1) is 15.7. The zero-order valence-corrected chi connectivity index (χ0v) is 18.7. The Morgan fingerprint density at radius 1 is 1.00 bits per heavy atom.